The van der Waals surface area contributed by atoms with E-state index in [-0.39, 0.29) is 12.0 Å². The van der Waals surface area contributed by atoms with E-state index < -0.39 is 12.0 Å². The van der Waals surface area contributed by atoms with Crippen LogP contribution < -0.4 is 5.32 Å². The monoisotopic (exact) mass is 295 g/mol. The minimum atomic E-state index is -0.935. The molecule has 0 aromatic heterocycles. The van der Waals surface area contributed by atoms with E-state index in [1.165, 1.54) is 0 Å². The van der Waals surface area contributed by atoms with Gasteiger partial charge in [-0.1, -0.05) is 12.2 Å². The van der Waals surface area contributed by atoms with Gasteiger partial charge in [-0.2, -0.15) is 0 Å². The van der Waals surface area contributed by atoms with Gasteiger partial charge in [0, 0.05) is 13.0 Å². The second-order valence-corrected chi connectivity index (χ2v) is 6.02. The van der Waals surface area contributed by atoms with Crippen LogP contribution in [-0.4, -0.2) is 35.7 Å². The molecule has 5 nitrogen and oxygen atoms in total. The van der Waals surface area contributed by atoms with Gasteiger partial charge in [0.1, 0.15) is 6.04 Å². The van der Waals surface area contributed by atoms with Crippen molar-refractivity contribution < 1.29 is 19.4 Å². The molecule has 5 heteroatoms. The number of hydrogen-bond acceptors (Lipinski definition) is 3. The number of carbonyl (C=O) groups excluding carboxylic acids is 1. The number of carboxylic acid groups (broad SMARTS) is 1. The van der Waals surface area contributed by atoms with Gasteiger partial charge in [0.2, 0.25) is 5.91 Å². The lowest BCUT2D eigenvalue weighted by molar-refractivity contribution is -0.142. The van der Waals surface area contributed by atoms with E-state index in [9.17, 15) is 14.7 Å². The van der Waals surface area contributed by atoms with Gasteiger partial charge in [-0.15, -0.1) is 0 Å². The Morgan fingerprint density at radius 2 is 2.19 bits per heavy atom. The summed E-state index contributed by atoms with van der Waals surface area (Å²) in [4.78, 5) is 23.2. The van der Waals surface area contributed by atoms with Crippen molar-refractivity contribution in [2.45, 2.75) is 63.5 Å². The fraction of sp³-hybridized carbons (Fsp3) is 0.750. The first-order valence-corrected chi connectivity index (χ1v) is 7.94. The summed E-state index contributed by atoms with van der Waals surface area (Å²) in [5.41, 5.74) is 0. The summed E-state index contributed by atoms with van der Waals surface area (Å²) in [5, 5.41) is 11.9. The number of allylic oxidation sites excluding steroid dienone is 2. The SMILES string of the molecule is O=C(CCC1CCCO1)NC(CC1CC=CCC1)C(=O)O. The fourth-order valence-electron chi connectivity index (χ4n) is 3.06. The molecule has 1 aliphatic carbocycles. The predicted octanol–water partition coefficient (Wildman–Crippen LogP) is 2.26. The van der Waals surface area contributed by atoms with Crippen LogP contribution in [0.3, 0.4) is 0 Å². The summed E-state index contributed by atoms with van der Waals surface area (Å²) in [5.74, 6) is -0.756. The summed E-state index contributed by atoms with van der Waals surface area (Å²) in [6.07, 6.45) is 10.9. The molecule has 2 aliphatic rings. The zero-order chi connectivity index (χ0) is 15.1. The highest BCUT2D eigenvalue weighted by molar-refractivity contribution is 5.83. The summed E-state index contributed by atoms with van der Waals surface area (Å²) < 4.78 is 5.47. The number of carbonyl (C=O) groups is 2. The molecule has 1 saturated heterocycles. The van der Waals surface area contributed by atoms with Gasteiger partial charge in [0.15, 0.2) is 0 Å². The third kappa shape index (κ3) is 5.50. The van der Waals surface area contributed by atoms with E-state index in [0.717, 1.165) is 38.7 Å². The standard InChI is InChI=1S/C16H25NO4/c18-15(9-8-13-7-4-10-21-13)17-14(16(19)20)11-12-5-2-1-3-6-12/h1-2,12-14H,3-11H2,(H,17,18)(H,19,20). The van der Waals surface area contributed by atoms with Crippen molar-refractivity contribution in [1.29, 1.82) is 0 Å². The normalized spacial score (nSPS) is 26.5. The van der Waals surface area contributed by atoms with Crippen molar-refractivity contribution in [1.82, 2.24) is 5.32 Å². The topological polar surface area (TPSA) is 75.6 Å². The Hall–Kier alpha value is -1.36. The Morgan fingerprint density at radius 3 is 2.81 bits per heavy atom. The Balaban J connectivity index is 1.74. The maximum Gasteiger partial charge on any atom is 0.326 e. The molecule has 0 aromatic rings. The van der Waals surface area contributed by atoms with Crippen LogP contribution in [0.15, 0.2) is 12.2 Å². The smallest absolute Gasteiger partial charge is 0.326 e. The fourth-order valence-corrected chi connectivity index (χ4v) is 3.06. The zero-order valence-electron chi connectivity index (χ0n) is 12.4. The van der Waals surface area contributed by atoms with Gasteiger partial charge < -0.3 is 15.2 Å². The third-order valence-electron chi connectivity index (χ3n) is 4.30. The number of aliphatic carboxylic acids is 1. The van der Waals surface area contributed by atoms with E-state index in [0.29, 0.717) is 25.2 Å². The largest absolute Gasteiger partial charge is 0.480 e. The highest BCUT2D eigenvalue weighted by Crippen LogP contribution is 2.23. The molecule has 1 amide bonds. The average Bonchev–Trinajstić information content (AvgIpc) is 2.99. The molecule has 0 saturated carbocycles. The third-order valence-corrected chi connectivity index (χ3v) is 4.30. The molecule has 118 valence electrons. The van der Waals surface area contributed by atoms with Gasteiger partial charge in [0.25, 0.3) is 0 Å². The lowest BCUT2D eigenvalue weighted by atomic mass is 9.88. The molecular formula is C16H25NO4. The van der Waals surface area contributed by atoms with Gasteiger partial charge in [0.05, 0.1) is 6.10 Å². The van der Waals surface area contributed by atoms with Gasteiger partial charge >= 0.3 is 5.97 Å². The van der Waals surface area contributed by atoms with Crippen molar-refractivity contribution in [3.05, 3.63) is 12.2 Å². The van der Waals surface area contributed by atoms with Gasteiger partial charge in [-0.3, -0.25) is 4.79 Å². The van der Waals surface area contributed by atoms with Crippen LogP contribution in [-0.2, 0) is 14.3 Å². The average molecular weight is 295 g/mol. The highest BCUT2D eigenvalue weighted by Gasteiger charge is 2.25. The second-order valence-electron chi connectivity index (χ2n) is 6.02. The predicted molar refractivity (Wildman–Crippen MR) is 78.9 cm³/mol. The minimum Gasteiger partial charge on any atom is -0.480 e. The Morgan fingerprint density at radius 1 is 1.33 bits per heavy atom. The lowest BCUT2D eigenvalue weighted by Crippen LogP contribution is -2.42. The Kier molecular flexibility index (Phi) is 6.23. The lowest BCUT2D eigenvalue weighted by Gasteiger charge is -2.22. The quantitative estimate of drug-likeness (QED) is 0.706. The maximum absolute atomic E-state index is 11.9. The van der Waals surface area contributed by atoms with Crippen LogP contribution in [0.1, 0.15) is 51.4 Å². The highest BCUT2D eigenvalue weighted by atomic mass is 16.5. The van der Waals surface area contributed by atoms with Gasteiger partial charge in [-0.25, -0.2) is 4.79 Å². The van der Waals surface area contributed by atoms with Crippen LogP contribution in [0.25, 0.3) is 0 Å². The van der Waals surface area contributed by atoms with Crippen molar-refractivity contribution in [3.8, 4) is 0 Å². The van der Waals surface area contributed by atoms with E-state index in [2.05, 4.69) is 17.5 Å². The maximum atomic E-state index is 11.9. The number of carboxylic acids is 1. The molecule has 1 heterocycles. The summed E-state index contributed by atoms with van der Waals surface area (Å²) >= 11 is 0. The number of nitrogens with one attached hydrogen (secondary N) is 1. The first-order chi connectivity index (χ1) is 10.1. The van der Waals surface area contributed by atoms with Crippen molar-refractivity contribution in [3.63, 3.8) is 0 Å². The second kappa shape index (κ2) is 8.17. The van der Waals surface area contributed by atoms with E-state index >= 15 is 0 Å². The van der Waals surface area contributed by atoms with Crippen LogP contribution in [0.4, 0.5) is 0 Å². The molecule has 0 bridgehead atoms. The summed E-state index contributed by atoms with van der Waals surface area (Å²) in [7, 11) is 0. The van der Waals surface area contributed by atoms with Gasteiger partial charge in [-0.05, 0) is 50.9 Å². The van der Waals surface area contributed by atoms with Crippen molar-refractivity contribution >= 4 is 11.9 Å². The molecule has 0 radical (unpaired) electrons. The molecule has 2 rings (SSSR count). The van der Waals surface area contributed by atoms with E-state index in [4.69, 9.17) is 4.74 Å². The molecule has 1 fully saturated rings. The first kappa shape index (κ1) is 16.0. The molecule has 21 heavy (non-hydrogen) atoms. The summed E-state index contributed by atoms with van der Waals surface area (Å²) in [6.45, 7) is 0.777. The number of ether oxygens (including phenoxy) is 1. The minimum absolute atomic E-state index is 0.169. The molecule has 1 aliphatic heterocycles. The number of amides is 1. The van der Waals surface area contributed by atoms with Crippen LogP contribution >= 0.6 is 0 Å². The molecule has 3 atom stereocenters. The van der Waals surface area contributed by atoms with E-state index in [1.54, 1.807) is 0 Å². The van der Waals surface area contributed by atoms with Crippen LogP contribution in [0.5, 0.6) is 0 Å². The van der Waals surface area contributed by atoms with E-state index in [1.807, 2.05) is 0 Å². The van der Waals surface area contributed by atoms with Crippen molar-refractivity contribution in [2.24, 2.45) is 5.92 Å². The van der Waals surface area contributed by atoms with Crippen molar-refractivity contribution in [2.75, 3.05) is 6.61 Å². The molecule has 3 unspecified atom stereocenters. The Bertz CT molecular complexity index is 388. The van der Waals surface area contributed by atoms with Crippen LogP contribution in [0.2, 0.25) is 0 Å². The molecule has 2 N–H and O–H groups in total. The molecule has 0 spiro atoms. The summed E-state index contributed by atoms with van der Waals surface area (Å²) in [6, 6.07) is -0.765. The number of rotatable bonds is 7. The molecule has 0 aromatic carbocycles. The van der Waals surface area contributed by atoms with Crippen LogP contribution in [0, 0.1) is 5.92 Å². The molecular weight excluding hydrogens is 270 g/mol. The first-order valence-electron chi connectivity index (χ1n) is 7.94. The Labute approximate surface area is 125 Å². The zero-order valence-corrected chi connectivity index (χ0v) is 12.4. The number of hydrogen-bond donors (Lipinski definition) is 2.